The van der Waals surface area contributed by atoms with Crippen LogP contribution >= 0.6 is 0 Å². The predicted octanol–water partition coefficient (Wildman–Crippen LogP) is 3.72. The lowest BCUT2D eigenvalue weighted by Crippen LogP contribution is -2.36. The molecule has 1 aromatic carbocycles. The van der Waals surface area contributed by atoms with E-state index in [2.05, 4.69) is 29.5 Å². The Kier molecular flexibility index (Phi) is 6.53. The monoisotopic (exact) mass is 380 g/mol. The Morgan fingerprint density at radius 2 is 1.93 bits per heavy atom. The van der Waals surface area contributed by atoms with E-state index in [0.29, 0.717) is 25.6 Å². The van der Waals surface area contributed by atoms with Crippen LogP contribution in [0.15, 0.2) is 48.7 Å². The van der Waals surface area contributed by atoms with Crippen molar-refractivity contribution in [3.63, 3.8) is 0 Å². The number of aryl methyl sites for hydroxylation is 1. The first-order chi connectivity index (χ1) is 13.5. The molecule has 2 heterocycles. The van der Waals surface area contributed by atoms with Crippen molar-refractivity contribution in [2.45, 2.75) is 33.7 Å². The molecule has 0 spiro atoms. The number of nitrogens with zero attached hydrogens (tertiary/aromatic N) is 2. The molecular formula is C22H28N4O2. The van der Waals surface area contributed by atoms with Gasteiger partial charge in [-0.3, -0.25) is 0 Å². The van der Waals surface area contributed by atoms with E-state index >= 15 is 0 Å². The lowest BCUT2D eigenvalue weighted by Gasteiger charge is -2.10. The van der Waals surface area contributed by atoms with Crippen molar-refractivity contribution in [2.24, 2.45) is 5.92 Å². The first-order valence-corrected chi connectivity index (χ1v) is 9.68. The Bertz CT molecular complexity index is 916. The highest BCUT2D eigenvalue weighted by atomic mass is 16.5. The average Bonchev–Trinajstić information content (AvgIpc) is 3.10. The first kappa shape index (κ1) is 19.7. The smallest absolute Gasteiger partial charge is 0.315 e. The number of urea groups is 1. The largest absolute Gasteiger partial charge is 0.493 e. The molecule has 2 amide bonds. The van der Waals surface area contributed by atoms with Gasteiger partial charge in [0.25, 0.3) is 0 Å². The number of hydrogen-bond donors (Lipinski definition) is 2. The van der Waals surface area contributed by atoms with E-state index in [4.69, 9.17) is 4.74 Å². The average molecular weight is 380 g/mol. The van der Waals surface area contributed by atoms with Gasteiger partial charge in [0, 0.05) is 18.4 Å². The standard InChI is InChI=1S/C22H28N4O2/c1-16(2)15-28-20-9-7-18(8-10-20)11-12-23-22(27)24-13-19-14-26-17(3)5-4-6-21(26)25-19/h4-10,14,16H,11-13,15H2,1-3H3,(H2,23,24,27). The SMILES string of the molecule is Cc1cccc2nc(CNC(=O)NCCc3ccc(OCC(C)C)cc3)cn12. The zero-order valence-corrected chi connectivity index (χ0v) is 16.7. The van der Waals surface area contributed by atoms with Gasteiger partial charge >= 0.3 is 6.03 Å². The maximum Gasteiger partial charge on any atom is 0.315 e. The van der Waals surface area contributed by atoms with Gasteiger partial charge in [-0.1, -0.05) is 32.0 Å². The molecule has 0 saturated heterocycles. The summed E-state index contributed by atoms with van der Waals surface area (Å²) in [4.78, 5) is 16.5. The van der Waals surface area contributed by atoms with Crippen molar-refractivity contribution >= 4 is 11.7 Å². The van der Waals surface area contributed by atoms with Gasteiger partial charge in [-0.2, -0.15) is 0 Å². The predicted molar refractivity (Wildman–Crippen MR) is 111 cm³/mol. The summed E-state index contributed by atoms with van der Waals surface area (Å²) in [5.74, 6) is 1.39. The molecule has 28 heavy (non-hydrogen) atoms. The van der Waals surface area contributed by atoms with E-state index in [1.807, 2.05) is 60.0 Å². The molecule has 3 aromatic rings. The number of carbonyl (C=O) groups is 1. The topological polar surface area (TPSA) is 67.7 Å². The van der Waals surface area contributed by atoms with E-state index in [0.717, 1.165) is 34.8 Å². The fourth-order valence-corrected chi connectivity index (χ4v) is 2.85. The molecule has 6 heteroatoms. The zero-order valence-electron chi connectivity index (χ0n) is 16.7. The Morgan fingerprint density at radius 1 is 1.14 bits per heavy atom. The normalized spacial score (nSPS) is 11.0. The first-order valence-electron chi connectivity index (χ1n) is 9.68. The molecule has 3 rings (SSSR count). The number of nitrogens with one attached hydrogen (secondary N) is 2. The molecule has 0 aliphatic carbocycles. The molecule has 0 unspecified atom stereocenters. The fourth-order valence-electron chi connectivity index (χ4n) is 2.85. The Balaban J connectivity index is 1.40. The van der Waals surface area contributed by atoms with Crippen molar-refractivity contribution in [2.75, 3.05) is 13.2 Å². The van der Waals surface area contributed by atoms with Crippen LogP contribution in [0.25, 0.3) is 5.65 Å². The molecule has 2 aromatic heterocycles. The summed E-state index contributed by atoms with van der Waals surface area (Å²) in [6, 6.07) is 13.8. The highest BCUT2D eigenvalue weighted by Gasteiger charge is 2.05. The van der Waals surface area contributed by atoms with E-state index in [1.165, 1.54) is 0 Å². The molecule has 0 aliphatic heterocycles. The lowest BCUT2D eigenvalue weighted by atomic mass is 10.1. The summed E-state index contributed by atoms with van der Waals surface area (Å²) in [6.07, 6.45) is 2.72. The van der Waals surface area contributed by atoms with Gasteiger partial charge in [-0.05, 0) is 49.1 Å². The number of hydrogen-bond acceptors (Lipinski definition) is 3. The minimum atomic E-state index is -0.189. The van der Waals surface area contributed by atoms with Gasteiger partial charge in [0.15, 0.2) is 0 Å². The van der Waals surface area contributed by atoms with Crippen LogP contribution in [0.5, 0.6) is 5.75 Å². The quantitative estimate of drug-likeness (QED) is 0.626. The van der Waals surface area contributed by atoms with Crippen molar-refractivity contribution in [1.29, 1.82) is 0 Å². The van der Waals surface area contributed by atoms with Crippen LogP contribution in [0.1, 0.15) is 30.8 Å². The van der Waals surface area contributed by atoms with Crippen LogP contribution in [-0.2, 0) is 13.0 Å². The molecule has 148 valence electrons. The van der Waals surface area contributed by atoms with Crippen LogP contribution in [0.2, 0.25) is 0 Å². The molecule has 2 N–H and O–H groups in total. The molecule has 0 fully saturated rings. The van der Waals surface area contributed by atoms with Gasteiger partial charge in [0.2, 0.25) is 0 Å². The zero-order chi connectivity index (χ0) is 19.9. The summed E-state index contributed by atoms with van der Waals surface area (Å²) >= 11 is 0. The molecule has 0 aliphatic rings. The summed E-state index contributed by atoms with van der Waals surface area (Å²) in [6.45, 7) is 7.97. The van der Waals surface area contributed by atoms with Gasteiger partial charge in [-0.15, -0.1) is 0 Å². The van der Waals surface area contributed by atoms with Crippen LogP contribution < -0.4 is 15.4 Å². The molecule has 0 atom stereocenters. The Hall–Kier alpha value is -3.02. The van der Waals surface area contributed by atoms with E-state index in [1.54, 1.807) is 0 Å². The van der Waals surface area contributed by atoms with Gasteiger partial charge in [0.05, 0.1) is 18.8 Å². The molecule has 0 saturated carbocycles. The molecular weight excluding hydrogens is 352 g/mol. The molecule has 6 nitrogen and oxygen atoms in total. The number of amides is 2. The fraction of sp³-hybridized carbons (Fsp3) is 0.364. The molecule has 0 radical (unpaired) electrons. The van der Waals surface area contributed by atoms with Crippen LogP contribution in [0, 0.1) is 12.8 Å². The van der Waals surface area contributed by atoms with E-state index in [9.17, 15) is 4.79 Å². The van der Waals surface area contributed by atoms with Crippen molar-refractivity contribution in [3.05, 3.63) is 65.6 Å². The third-order valence-corrected chi connectivity index (χ3v) is 4.38. The third kappa shape index (κ3) is 5.49. The second kappa shape index (κ2) is 9.26. The number of fused-ring (bicyclic) bond motifs is 1. The number of carbonyl (C=O) groups excluding carboxylic acids is 1. The maximum absolute atomic E-state index is 12.0. The van der Waals surface area contributed by atoms with Gasteiger partial charge < -0.3 is 19.8 Å². The van der Waals surface area contributed by atoms with Crippen molar-refractivity contribution in [1.82, 2.24) is 20.0 Å². The third-order valence-electron chi connectivity index (χ3n) is 4.38. The number of ether oxygens (including phenoxy) is 1. The second-order valence-electron chi connectivity index (χ2n) is 7.34. The summed E-state index contributed by atoms with van der Waals surface area (Å²) in [7, 11) is 0. The number of pyridine rings is 1. The minimum absolute atomic E-state index is 0.189. The van der Waals surface area contributed by atoms with Crippen LogP contribution in [-0.4, -0.2) is 28.6 Å². The lowest BCUT2D eigenvalue weighted by molar-refractivity contribution is 0.240. The Labute approximate surface area is 165 Å². The van der Waals surface area contributed by atoms with E-state index < -0.39 is 0 Å². The highest BCUT2D eigenvalue weighted by molar-refractivity contribution is 5.73. The Morgan fingerprint density at radius 3 is 2.64 bits per heavy atom. The number of imidazole rings is 1. The number of benzene rings is 1. The number of aromatic nitrogens is 2. The van der Waals surface area contributed by atoms with Gasteiger partial charge in [0.1, 0.15) is 11.4 Å². The van der Waals surface area contributed by atoms with Crippen LogP contribution in [0.3, 0.4) is 0 Å². The number of rotatable bonds is 8. The van der Waals surface area contributed by atoms with Gasteiger partial charge in [-0.25, -0.2) is 9.78 Å². The highest BCUT2D eigenvalue weighted by Crippen LogP contribution is 2.13. The molecule has 0 bridgehead atoms. The van der Waals surface area contributed by atoms with Crippen molar-refractivity contribution < 1.29 is 9.53 Å². The summed E-state index contributed by atoms with van der Waals surface area (Å²) in [5, 5.41) is 5.74. The van der Waals surface area contributed by atoms with Crippen molar-refractivity contribution in [3.8, 4) is 5.75 Å². The summed E-state index contributed by atoms with van der Waals surface area (Å²) < 4.78 is 7.70. The minimum Gasteiger partial charge on any atom is -0.493 e. The van der Waals surface area contributed by atoms with E-state index in [-0.39, 0.29) is 6.03 Å². The summed E-state index contributed by atoms with van der Waals surface area (Å²) in [5.41, 5.74) is 3.99. The second-order valence-corrected chi connectivity index (χ2v) is 7.34. The van der Waals surface area contributed by atoms with Crippen LogP contribution in [0.4, 0.5) is 4.79 Å². The maximum atomic E-state index is 12.0.